The normalized spacial score (nSPS) is 22.1. The molecule has 0 aromatic heterocycles. The zero-order valence-electron chi connectivity index (χ0n) is 8.53. The van der Waals surface area contributed by atoms with Crippen molar-refractivity contribution >= 4 is 11.9 Å². The van der Waals surface area contributed by atoms with Crippen LogP contribution in [0.25, 0.3) is 0 Å². The summed E-state index contributed by atoms with van der Waals surface area (Å²) in [5.74, 6) is -0.981. The highest BCUT2D eigenvalue weighted by molar-refractivity contribution is 5.85. The molecule has 0 aromatic rings. The summed E-state index contributed by atoms with van der Waals surface area (Å²) < 4.78 is 0. The zero-order chi connectivity index (χ0) is 10.8. The Morgan fingerprint density at radius 3 is 2.40 bits per heavy atom. The molecule has 2 saturated carbocycles. The molecule has 1 amide bonds. The van der Waals surface area contributed by atoms with Crippen molar-refractivity contribution in [2.75, 3.05) is 6.54 Å². The van der Waals surface area contributed by atoms with E-state index in [1.54, 1.807) is 0 Å². The molecule has 84 valence electrons. The van der Waals surface area contributed by atoms with Crippen LogP contribution in [0.2, 0.25) is 0 Å². The summed E-state index contributed by atoms with van der Waals surface area (Å²) in [6.07, 6.45) is 4.07. The van der Waals surface area contributed by atoms with Gasteiger partial charge in [0.1, 0.15) is 6.04 Å². The highest BCUT2D eigenvalue weighted by atomic mass is 16.4. The predicted molar refractivity (Wildman–Crippen MR) is 53.3 cm³/mol. The molecule has 0 radical (unpaired) electrons. The summed E-state index contributed by atoms with van der Waals surface area (Å²) in [5, 5.41) is 14.5. The van der Waals surface area contributed by atoms with Gasteiger partial charge < -0.3 is 15.7 Å². The average Bonchev–Trinajstić information content (AvgIpc) is 3.01. The summed E-state index contributed by atoms with van der Waals surface area (Å²) in [5.41, 5.74) is 0. The van der Waals surface area contributed by atoms with Gasteiger partial charge in [0.15, 0.2) is 0 Å². The number of carboxylic acids is 1. The van der Waals surface area contributed by atoms with Crippen LogP contribution in [0.1, 0.15) is 25.7 Å². The van der Waals surface area contributed by atoms with Gasteiger partial charge in [-0.15, -0.1) is 0 Å². The fourth-order valence-electron chi connectivity index (χ4n) is 1.56. The van der Waals surface area contributed by atoms with E-state index in [1.165, 1.54) is 0 Å². The number of aliphatic carboxylic acids is 1. The SMILES string of the molecule is O=C(CNC1CC1)NC(C(=O)O)C1CC1. The minimum Gasteiger partial charge on any atom is -0.480 e. The van der Waals surface area contributed by atoms with Crippen molar-refractivity contribution in [3.63, 3.8) is 0 Å². The Morgan fingerprint density at radius 2 is 1.93 bits per heavy atom. The lowest BCUT2D eigenvalue weighted by atomic mass is 10.2. The largest absolute Gasteiger partial charge is 0.480 e. The number of hydrogen-bond acceptors (Lipinski definition) is 3. The third kappa shape index (κ3) is 3.20. The van der Waals surface area contributed by atoms with Crippen LogP contribution in [0, 0.1) is 5.92 Å². The minimum absolute atomic E-state index is 0.146. The molecule has 5 heteroatoms. The van der Waals surface area contributed by atoms with Crippen LogP contribution in [0.3, 0.4) is 0 Å². The third-order valence-electron chi connectivity index (χ3n) is 2.80. The Kier molecular flexibility index (Phi) is 2.90. The molecule has 0 aromatic carbocycles. The van der Waals surface area contributed by atoms with E-state index >= 15 is 0 Å². The van der Waals surface area contributed by atoms with Crippen molar-refractivity contribution in [1.29, 1.82) is 0 Å². The first-order valence-electron chi connectivity index (χ1n) is 5.42. The Bertz CT molecular complexity index is 272. The average molecular weight is 212 g/mol. The molecule has 15 heavy (non-hydrogen) atoms. The molecule has 3 N–H and O–H groups in total. The first-order valence-corrected chi connectivity index (χ1v) is 5.42. The van der Waals surface area contributed by atoms with E-state index in [0.717, 1.165) is 25.7 Å². The van der Waals surface area contributed by atoms with Crippen LogP contribution in [0.5, 0.6) is 0 Å². The Hall–Kier alpha value is -1.10. The minimum atomic E-state index is -0.919. The van der Waals surface area contributed by atoms with Gasteiger partial charge in [0.25, 0.3) is 0 Å². The van der Waals surface area contributed by atoms with Crippen molar-refractivity contribution in [3.05, 3.63) is 0 Å². The van der Waals surface area contributed by atoms with Gasteiger partial charge in [0.2, 0.25) is 5.91 Å². The van der Waals surface area contributed by atoms with E-state index in [1.807, 2.05) is 0 Å². The van der Waals surface area contributed by atoms with Gasteiger partial charge in [-0.05, 0) is 31.6 Å². The maximum atomic E-state index is 11.4. The standard InChI is InChI=1S/C10H16N2O3/c13-8(5-11-7-3-4-7)12-9(10(14)15)6-1-2-6/h6-7,9,11H,1-5H2,(H,12,13)(H,14,15). The number of rotatable bonds is 6. The molecular weight excluding hydrogens is 196 g/mol. The second-order valence-electron chi connectivity index (χ2n) is 4.38. The molecule has 5 nitrogen and oxygen atoms in total. The number of amides is 1. The highest BCUT2D eigenvalue weighted by Gasteiger charge is 2.37. The lowest BCUT2D eigenvalue weighted by Gasteiger charge is -2.13. The Labute approximate surface area is 88.2 Å². The molecule has 2 rings (SSSR count). The van der Waals surface area contributed by atoms with Crippen LogP contribution in [-0.2, 0) is 9.59 Å². The summed E-state index contributed by atoms with van der Waals surface area (Å²) >= 11 is 0. The Morgan fingerprint density at radius 1 is 1.27 bits per heavy atom. The molecule has 2 aliphatic carbocycles. The van der Waals surface area contributed by atoms with Crippen LogP contribution < -0.4 is 10.6 Å². The van der Waals surface area contributed by atoms with Gasteiger partial charge >= 0.3 is 5.97 Å². The fraction of sp³-hybridized carbons (Fsp3) is 0.800. The third-order valence-corrected chi connectivity index (χ3v) is 2.80. The van der Waals surface area contributed by atoms with E-state index in [4.69, 9.17) is 5.11 Å². The van der Waals surface area contributed by atoms with Crippen molar-refractivity contribution in [3.8, 4) is 0 Å². The van der Waals surface area contributed by atoms with Crippen LogP contribution in [0.15, 0.2) is 0 Å². The number of nitrogens with one attached hydrogen (secondary N) is 2. The summed E-state index contributed by atoms with van der Waals surface area (Å²) in [4.78, 5) is 22.2. The second-order valence-corrected chi connectivity index (χ2v) is 4.38. The topological polar surface area (TPSA) is 78.4 Å². The van der Waals surface area contributed by atoms with Crippen LogP contribution >= 0.6 is 0 Å². The Balaban J connectivity index is 1.71. The van der Waals surface area contributed by atoms with E-state index in [2.05, 4.69) is 10.6 Å². The lowest BCUT2D eigenvalue weighted by molar-refractivity contribution is -0.142. The molecule has 0 bridgehead atoms. The summed E-state index contributed by atoms with van der Waals surface area (Å²) in [6.45, 7) is 0.237. The van der Waals surface area contributed by atoms with Gasteiger partial charge in [0.05, 0.1) is 6.54 Å². The zero-order valence-corrected chi connectivity index (χ0v) is 8.53. The summed E-state index contributed by atoms with van der Waals surface area (Å²) in [7, 11) is 0. The molecule has 2 fully saturated rings. The first-order chi connectivity index (χ1) is 7.16. The van der Waals surface area contributed by atoms with Gasteiger partial charge in [0, 0.05) is 6.04 Å². The van der Waals surface area contributed by atoms with E-state index in [9.17, 15) is 9.59 Å². The smallest absolute Gasteiger partial charge is 0.326 e. The maximum Gasteiger partial charge on any atom is 0.326 e. The van der Waals surface area contributed by atoms with Gasteiger partial charge in [-0.3, -0.25) is 4.79 Å². The highest BCUT2D eigenvalue weighted by Crippen LogP contribution is 2.32. The van der Waals surface area contributed by atoms with Gasteiger partial charge in [-0.2, -0.15) is 0 Å². The molecule has 0 aliphatic heterocycles. The van der Waals surface area contributed by atoms with Crippen molar-refractivity contribution < 1.29 is 14.7 Å². The predicted octanol–water partition coefficient (Wildman–Crippen LogP) is -0.282. The van der Waals surface area contributed by atoms with E-state index in [-0.39, 0.29) is 18.4 Å². The molecule has 2 aliphatic rings. The van der Waals surface area contributed by atoms with Crippen molar-refractivity contribution in [2.45, 2.75) is 37.8 Å². The van der Waals surface area contributed by atoms with Crippen molar-refractivity contribution in [1.82, 2.24) is 10.6 Å². The van der Waals surface area contributed by atoms with Crippen LogP contribution in [0.4, 0.5) is 0 Å². The number of hydrogen-bond donors (Lipinski definition) is 3. The van der Waals surface area contributed by atoms with Gasteiger partial charge in [-0.25, -0.2) is 4.79 Å². The molecule has 1 atom stereocenters. The van der Waals surface area contributed by atoms with E-state index in [0.29, 0.717) is 6.04 Å². The summed E-state index contributed by atoms with van der Waals surface area (Å²) in [6, 6.07) is -0.210. The molecule has 0 heterocycles. The number of carbonyl (C=O) groups is 2. The van der Waals surface area contributed by atoms with E-state index < -0.39 is 12.0 Å². The van der Waals surface area contributed by atoms with Crippen molar-refractivity contribution in [2.24, 2.45) is 5.92 Å². The maximum absolute atomic E-state index is 11.4. The fourth-order valence-corrected chi connectivity index (χ4v) is 1.56. The molecule has 0 spiro atoms. The second kappa shape index (κ2) is 4.18. The molecule has 1 unspecified atom stereocenters. The lowest BCUT2D eigenvalue weighted by Crippen LogP contribution is -2.46. The number of carboxylic acid groups (broad SMARTS) is 1. The molecular formula is C10H16N2O3. The monoisotopic (exact) mass is 212 g/mol. The quantitative estimate of drug-likeness (QED) is 0.565. The van der Waals surface area contributed by atoms with Gasteiger partial charge in [-0.1, -0.05) is 0 Å². The number of carbonyl (C=O) groups excluding carboxylic acids is 1. The first kappa shape index (κ1) is 10.4. The molecule has 0 saturated heterocycles. The van der Waals surface area contributed by atoms with Crippen LogP contribution in [-0.4, -0.2) is 35.6 Å².